The Hall–Kier alpha value is -1.71. The summed E-state index contributed by atoms with van der Waals surface area (Å²) in [5, 5.41) is 12.7. The van der Waals surface area contributed by atoms with Crippen LogP contribution >= 0.6 is 0 Å². The topological polar surface area (TPSA) is 58.6 Å². The Morgan fingerprint density at radius 2 is 2.16 bits per heavy atom. The van der Waals surface area contributed by atoms with Crippen LogP contribution in [-0.2, 0) is 0 Å². The first-order valence-electron chi connectivity index (χ1n) is 6.86. The summed E-state index contributed by atoms with van der Waals surface area (Å²) < 4.78 is 4.99. The molecule has 0 aliphatic heterocycles. The monoisotopic (exact) mass is 263 g/mol. The lowest BCUT2D eigenvalue weighted by Gasteiger charge is -2.11. The summed E-state index contributed by atoms with van der Waals surface area (Å²) in [5.41, 5.74) is 0.269. The average molecular weight is 263 g/mol. The highest BCUT2D eigenvalue weighted by Gasteiger charge is 2.17. The number of nitrogens with one attached hydrogen (secondary N) is 1. The highest BCUT2D eigenvalue weighted by atomic mass is 16.5. The van der Waals surface area contributed by atoms with Gasteiger partial charge in [-0.25, -0.2) is 0 Å². The first-order valence-corrected chi connectivity index (χ1v) is 6.86. The minimum atomic E-state index is -0.241. The van der Waals surface area contributed by atoms with Crippen molar-refractivity contribution in [2.45, 2.75) is 32.1 Å². The van der Waals surface area contributed by atoms with Crippen LogP contribution < -0.4 is 10.1 Å². The molecule has 0 atom stereocenters. The number of carbonyl (C=O) groups is 1. The molecule has 4 nitrogen and oxygen atoms in total. The fraction of sp³-hybridized carbons (Fsp3) is 0.533. The summed E-state index contributed by atoms with van der Waals surface area (Å²) in [7, 11) is 1.47. The standard InChI is InChI=1S/C15H21NO3/c1-19-13-8-4-7-12(14(13)17)15(18)16-10-9-11-5-2-3-6-11/h4,7-8,11,17H,2-3,5-6,9-10H2,1H3,(H,16,18). The van der Waals surface area contributed by atoms with Gasteiger partial charge < -0.3 is 15.2 Å². The van der Waals surface area contributed by atoms with E-state index in [1.54, 1.807) is 18.2 Å². The number of ether oxygens (including phenoxy) is 1. The molecule has 2 N–H and O–H groups in total. The van der Waals surface area contributed by atoms with E-state index < -0.39 is 0 Å². The molecule has 2 rings (SSSR count). The molecule has 0 bridgehead atoms. The molecule has 19 heavy (non-hydrogen) atoms. The normalized spacial score (nSPS) is 15.4. The molecule has 0 heterocycles. The number of carbonyl (C=O) groups excluding carboxylic acids is 1. The van der Waals surface area contributed by atoms with Gasteiger partial charge >= 0.3 is 0 Å². The molecule has 0 aromatic heterocycles. The summed E-state index contributed by atoms with van der Waals surface area (Å²) in [4.78, 5) is 12.0. The van der Waals surface area contributed by atoms with Gasteiger partial charge in [-0.2, -0.15) is 0 Å². The van der Waals surface area contributed by atoms with Crippen molar-refractivity contribution in [2.75, 3.05) is 13.7 Å². The van der Waals surface area contributed by atoms with Gasteiger partial charge in [0.1, 0.15) is 0 Å². The summed E-state index contributed by atoms with van der Waals surface area (Å²) in [5.74, 6) is 0.736. The minimum Gasteiger partial charge on any atom is -0.504 e. The summed E-state index contributed by atoms with van der Waals surface area (Å²) in [6.45, 7) is 0.667. The Kier molecular flexibility index (Phi) is 4.66. The fourth-order valence-corrected chi connectivity index (χ4v) is 2.65. The van der Waals surface area contributed by atoms with Crippen molar-refractivity contribution in [3.8, 4) is 11.5 Å². The summed E-state index contributed by atoms with van der Waals surface area (Å²) in [6, 6.07) is 4.93. The number of phenolic OH excluding ortho intramolecular Hbond substituents is 1. The highest BCUT2D eigenvalue weighted by Crippen LogP contribution is 2.29. The van der Waals surface area contributed by atoms with Crippen molar-refractivity contribution in [3.05, 3.63) is 23.8 Å². The molecule has 1 fully saturated rings. The molecular formula is C15H21NO3. The number of hydrogen-bond acceptors (Lipinski definition) is 3. The molecular weight excluding hydrogens is 242 g/mol. The number of benzene rings is 1. The van der Waals surface area contributed by atoms with Crippen molar-refractivity contribution in [1.82, 2.24) is 5.32 Å². The molecule has 4 heteroatoms. The average Bonchev–Trinajstić information content (AvgIpc) is 2.92. The number of amides is 1. The lowest BCUT2D eigenvalue weighted by molar-refractivity contribution is 0.0948. The van der Waals surface area contributed by atoms with Crippen LogP contribution in [0.15, 0.2) is 18.2 Å². The van der Waals surface area contributed by atoms with Gasteiger partial charge in [-0.15, -0.1) is 0 Å². The third kappa shape index (κ3) is 3.40. The molecule has 1 amide bonds. The number of methoxy groups -OCH3 is 1. The molecule has 1 aliphatic rings. The van der Waals surface area contributed by atoms with Gasteiger partial charge in [0.15, 0.2) is 11.5 Å². The molecule has 0 radical (unpaired) electrons. The highest BCUT2D eigenvalue weighted by molar-refractivity contribution is 5.97. The zero-order valence-electron chi connectivity index (χ0n) is 11.3. The third-order valence-corrected chi connectivity index (χ3v) is 3.78. The van der Waals surface area contributed by atoms with Crippen molar-refractivity contribution in [3.63, 3.8) is 0 Å². The van der Waals surface area contributed by atoms with Gasteiger partial charge in [-0.1, -0.05) is 31.7 Å². The molecule has 1 aromatic carbocycles. The van der Waals surface area contributed by atoms with Gasteiger partial charge in [-0.3, -0.25) is 4.79 Å². The van der Waals surface area contributed by atoms with E-state index in [2.05, 4.69) is 5.32 Å². The van der Waals surface area contributed by atoms with Crippen LogP contribution in [0.1, 0.15) is 42.5 Å². The van der Waals surface area contributed by atoms with Crippen LogP contribution in [0, 0.1) is 5.92 Å². The second kappa shape index (κ2) is 6.45. The van der Waals surface area contributed by atoms with Crippen molar-refractivity contribution in [1.29, 1.82) is 0 Å². The maximum absolute atomic E-state index is 12.0. The molecule has 104 valence electrons. The SMILES string of the molecule is COc1cccc(C(=O)NCCC2CCCC2)c1O. The maximum Gasteiger partial charge on any atom is 0.255 e. The van der Waals surface area contributed by atoms with E-state index in [1.165, 1.54) is 32.8 Å². The molecule has 1 aromatic rings. The van der Waals surface area contributed by atoms with Gasteiger partial charge in [0.2, 0.25) is 0 Å². The van der Waals surface area contributed by atoms with Crippen LogP contribution in [0.5, 0.6) is 11.5 Å². The zero-order valence-corrected chi connectivity index (χ0v) is 11.3. The van der Waals surface area contributed by atoms with Gasteiger partial charge in [-0.05, 0) is 24.5 Å². The van der Waals surface area contributed by atoms with Crippen LogP contribution in [-0.4, -0.2) is 24.7 Å². The quantitative estimate of drug-likeness (QED) is 0.858. The van der Waals surface area contributed by atoms with E-state index in [0.29, 0.717) is 12.3 Å². The van der Waals surface area contributed by atoms with E-state index in [1.807, 2.05) is 0 Å². The van der Waals surface area contributed by atoms with E-state index in [9.17, 15) is 9.90 Å². The third-order valence-electron chi connectivity index (χ3n) is 3.78. The predicted octanol–water partition coefficient (Wildman–Crippen LogP) is 2.71. The number of hydrogen-bond donors (Lipinski definition) is 2. The largest absolute Gasteiger partial charge is 0.504 e. The van der Waals surface area contributed by atoms with Crippen LogP contribution in [0.25, 0.3) is 0 Å². The molecule has 0 spiro atoms. The van der Waals surface area contributed by atoms with Gasteiger partial charge in [0.05, 0.1) is 12.7 Å². The van der Waals surface area contributed by atoms with E-state index in [0.717, 1.165) is 12.3 Å². The lowest BCUT2D eigenvalue weighted by atomic mass is 10.0. The van der Waals surface area contributed by atoms with Crippen molar-refractivity contribution >= 4 is 5.91 Å². The molecule has 1 aliphatic carbocycles. The lowest BCUT2D eigenvalue weighted by Crippen LogP contribution is -2.25. The Morgan fingerprint density at radius 1 is 1.42 bits per heavy atom. The number of phenols is 1. The zero-order chi connectivity index (χ0) is 13.7. The molecule has 1 saturated carbocycles. The molecule has 0 unspecified atom stereocenters. The first-order chi connectivity index (χ1) is 9.22. The van der Waals surface area contributed by atoms with Crippen LogP contribution in [0.2, 0.25) is 0 Å². The Labute approximate surface area is 113 Å². The van der Waals surface area contributed by atoms with E-state index in [-0.39, 0.29) is 17.2 Å². The van der Waals surface area contributed by atoms with Crippen LogP contribution in [0.3, 0.4) is 0 Å². The first kappa shape index (κ1) is 13.7. The molecule has 0 saturated heterocycles. The summed E-state index contributed by atoms with van der Waals surface area (Å²) in [6.07, 6.45) is 6.21. The maximum atomic E-state index is 12.0. The Balaban J connectivity index is 1.88. The van der Waals surface area contributed by atoms with Crippen molar-refractivity contribution in [2.24, 2.45) is 5.92 Å². The number of rotatable bonds is 5. The van der Waals surface area contributed by atoms with Crippen LogP contribution in [0.4, 0.5) is 0 Å². The van der Waals surface area contributed by atoms with Crippen molar-refractivity contribution < 1.29 is 14.6 Å². The number of aromatic hydroxyl groups is 1. The number of para-hydroxylation sites is 1. The Morgan fingerprint density at radius 3 is 2.84 bits per heavy atom. The van der Waals surface area contributed by atoms with Gasteiger partial charge in [0.25, 0.3) is 5.91 Å². The fourth-order valence-electron chi connectivity index (χ4n) is 2.65. The minimum absolute atomic E-state index is 0.0941. The Bertz CT molecular complexity index is 439. The van der Waals surface area contributed by atoms with E-state index in [4.69, 9.17) is 4.74 Å². The van der Waals surface area contributed by atoms with E-state index >= 15 is 0 Å². The summed E-state index contributed by atoms with van der Waals surface area (Å²) >= 11 is 0. The smallest absolute Gasteiger partial charge is 0.255 e. The second-order valence-electron chi connectivity index (χ2n) is 5.05. The second-order valence-corrected chi connectivity index (χ2v) is 5.05. The predicted molar refractivity (Wildman–Crippen MR) is 73.6 cm³/mol. The van der Waals surface area contributed by atoms with Gasteiger partial charge in [0, 0.05) is 6.54 Å².